The lowest BCUT2D eigenvalue weighted by molar-refractivity contribution is -0.114. The molecule has 2 N–H and O–H groups in total. The molecule has 7 nitrogen and oxygen atoms in total. The number of hydrogen-bond acceptors (Lipinski definition) is 6. The number of anilines is 2. The van der Waals surface area contributed by atoms with E-state index < -0.39 is 5.97 Å². The fraction of sp³-hybridized carbons (Fsp3) is 0.250. The molecule has 0 aliphatic heterocycles. The van der Waals surface area contributed by atoms with Gasteiger partial charge < -0.3 is 20.1 Å². The van der Waals surface area contributed by atoms with Crippen molar-refractivity contribution in [1.29, 1.82) is 0 Å². The Kier molecular flexibility index (Phi) is 8.36. The van der Waals surface area contributed by atoms with Crippen LogP contribution in [0.1, 0.15) is 17.3 Å². The average molecular weight is 402 g/mol. The molecule has 0 unspecified atom stereocenters. The van der Waals surface area contributed by atoms with Crippen molar-refractivity contribution in [2.75, 3.05) is 35.9 Å². The number of thioether (sulfide) groups is 1. The van der Waals surface area contributed by atoms with Crippen LogP contribution < -0.4 is 15.4 Å². The van der Waals surface area contributed by atoms with Gasteiger partial charge in [-0.15, -0.1) is 11.8 Å². The van der Waals surface area contributed by atoms with Gasteiger partial charge in [-0.05, 0) is 43.3 Å². The molecule has 2 amide bonds. The van der Waals surface area contributed by atoms with Gasteiger partial charge in [0.2, 0.25) is 11.8 Å². The van der Waals surface area contributed by atoms with Gasteiger partial charge in [0, 0.05) is 17.4 Å². The van der Waals surface area contributed by atoms with E-state index in [2.05, 4.69) is 10.6 Å². The second-order valence-corrected chi connectivity index (χ2v) is 6.60. The highest BCUT2D eigenvalue weighted by atomic mass is 32.2. The average Bonchev–Trinajstić information content (AvgIpc) is 2.68. The Balaban J connectivity index is 1.73. The number of benzene rings is 2. The van der Waals surface area contributed by atoms with Crippen LogP contribution in [0.3, 0.4) is 0 Å². The molecule has 0 aliphatic rings. The van der Waals surface area contributed by atoms with Crippen molar-refractivity contribution < 1.29 is 23.9 Å². The number of methoxy groups -OCH3 is 1. The number of carbonyl (C=O) groups excluding carboxylic acids is 3. The van der Waals surface area contributed by atoms with E-state index in [9.17, 15) is 14.4 Å². The summed E-state index contributed by atoms with van der Waals surface area (Å²) in [5.74, 6) is 0.0853. The van der Waals surface area contributed by atoms with Gasteiger partial charge in [0.15, 0.2) is 0 Å². The Labute approximate surface area is 167 Å². The van der Waals surface area contributed by atoms with Crippen molar-refractivity contribution in [1.82, 2.24) is 0 Å². The smallest absolute Gasteiger partial charge is 0.338 e. The van der Waals surface area contributed by atoms with Crippen molar-refractivity contribution in [3.05, 3.63) is 54.1 Å². The summed E-state index contributed by atoms with van der Waals surface area (Å²) in [4.78, 5) is 35.5. The number of esters is 1. The molecule has 0 heterocycles. The maximum atomic E-state index is 12.0. The molecule has 2 aromatic carbocycles. The first-order chi connectivity index (χ1) is 13.5. The number of amides is 2. The van der Waals surface area contributed by atoms with Crippen LogP contribution in [0.25, 0.3) is 0 Å². The van der Waals surface area contributed by atoms with Crippen LogP contribution in [0.4, 0.5) is 11.4 Å². The van der Waals surface area contributed by atoms with Gasteiger partial charge in [-0.3, -0.25) is 9.59 Å². The summed E-state index contributed by atoms with van der Waals surface area (Å²) in [6, 6.07) is 13.5. The topological polar surface area (TPSA) is 93.7 Å². The highest BCUT2D eigenvalue weighted by Gasteiger charge is 2.09. The first-order valence-corrected chi connectivity index (χ1v) is 9.76. The van der Waals surface area contributed by atoms with Crippen LogP contribution in [-0.2, 0) is 14.3 Å². The predicted octanol–water partition coefficient (Wildman–Crippen LogP) is 3.18. The van der Waals surface area contributed by atoms with E-state index in [1.54, 1.807) is 62.6 Å². The van der Waals surface area contributed by atoms with Gasteiger partial charge >= 0.3 is 5.97 Å². The Morgan fingerprint density at radius 3 is 2.18 bits per heavy atom. The van der Waals surface area contributed by atoms with Gasteiger partial charge in [0.25, 0.3) is 0 Å². The molecule has 0 bridgehead atoms. The van der Waals surface area contributed by atoms with E-state index in [4.69, 9.17) is 9.47 Å². The largest absolute Gasteiger partial charge is 0.497 e. The van der Waals surface area contributed by atoms with E-state index >= 15 is 0 Å². The number of nitrogens with one attached hydrogen (secondary N) is 2. The van der Waals surface area contributed by atoms with Gasteiger partial charge in [-0.25, -0.2) is 4.79 Å². The fourth-order valence-electron chi connectivity index (χ4n) is 2.24. The fourth-order valence-corrected chi connectivity index (χ4v) is 2.85. The van der Waals surface area contributed by atoms with Crippen molar-refractivity contribution >= 4 is 40.9 Å². The molecular weight excluding hydrogens is 380 g/mol. The second-order valence-electron chi connectivity index (χ2n) is 5.62. The lowest BCUT2D eigenvalue weighted by Crippen LogP contribution is -2.18. The van der Waals surface area contributed by atoms with E-state index in [1.807, 2.05) is 0 Å². The molecule has 148 valence electrons. The number of hydrogen-bond donors (Lipinski definition) is 2. The third-order valence-electron chi connectivity index (χ3n) is 3.50. The maximum Gasteiger partial charge on any atom is 0.338 e. The van der Waals surface area contributed by atoms with E-state index in [0.29, 0.717) is 29.3 Å². The van der Waals surface area contributed by atoms with Crippen LogP contribution in [0.5, 0.6) is 5.75 Å². The Morgan fingerprint density at radius 1 is 0.929 bits per heavy atom. The monoisotopic (exact) mass is 402 g/mol. The zero-order valence-corrected chi connectivity index (χ0v) is 16.5. The first kappa shape index (κ1) is 21.3. The van der Waals surface area contributed by atoms with Crippen LogP contribution in [-0.4, -0.2) is 43.0 Å². The molecule has 2 aromatic rings. The van der Waals surface area contributed by atoms with Gasteiger partial charge in [-0.2, -0.15) is 0 Å². The third-order valence-corrected chi connectivity index (χ3v) is 4.43. The van der Waals surface area contributed by atoms with Crippen molar-refractivity contribution in [2.45, 2.75) is 6.92 Å². The summed E-state index contributed by atoms with van der Waals surface area (Å²) in [6.07, 6.45) is 0. The van der Waals surface area contributed by atoms with E-state index in [-0.39, 0.29) is 23.3 Å². The zero-order chi connectivity index (χ0) is 20.4. The predicted molar refractivity (Wildman–Crippen MR) is 110 cm³/mol. The molecule has 0 spiro atoms. The minimum atomic E-state index is -0.405. The molecular formula is C20H22N2O5S. The summed E-state index contributed by atoms with van der Waals surface area (Å²) in [6.45, 7) is 2.04. The third kappa shape index (κ3) is 6.96. The highest BCUT2D eigenvalue weighted by molar-refractivity contribution is 8.00. The molecule has 2 rings (SSSR count). The normalized spacial score (nSPS) is 10.1. The maximum absolute atomic E-state index is 12.0. The molecule has 0 saturated carbocycles. The number of ether oxygens (including phenoxy) is 2. The van der Waals surface area contributed by atoms with Crippen LogP contribution in [0, 0.1) is 0 Å². The zero-order valence-electron chi connectivity index (χ0n) is 15.7. The van der Waals surface area contributed by atoms with Gasteiger partial charge in [0.1, 0.15) is 5.75 Å². The van der Waals surface area contributed by atoms with E-state index in [0.717, 1.165) is 0 Å². The molecule has 0 aliphatic carbocycles. The summed E-state index contributed by atoms with van der Waals surface area (Å²) in [7, 11) is 1.56. The molecule has 28 heavy (non-hydrogen) atoms. The molecule has 0 saturated heterocycles. The summed E-state index contributed by atoms with van der Waals surface area (Å²) in [5, 5.41) is 5.47. The molecule has 0 fully saturated rings. The minimum Gasteiger partial charge on any atom is -0.497 e. The Hall–Kier alpha value is -3.00. The summed E-state index contributed by atoms with van der Waals surface area (Å²) < 4.78 is 10.0. The molecule has 8 heteroatoms. The summed E-state index contributed by atoms with van der Waals surface area (Å²) in [5.41, 5.74) is 1.62. The van der Waals surface area contributed by atoms with E-state index in [1.165, 1.54) is 11.8 Å². The van der Waals surface area contributed by atoms with Gasteiger partial charge in [0.05, 0.1) is 30.8 Å². The molecule has 0 atom stereocenters. The number of carbonyl (C=O) groups is 3. The lowest BCUT2D eigenvalue weighted by atomic mass is 10.2. The Bertz CT molecular complexity index is 824. The van der Waals surface area contributed by atoms with Crippen LogP contribution in [0.2, 0.25) is 0 Å². The van der Waals surface area contributed by atoms with Crippen molar-refractivity contribution in [2.24, 2.45) is 0 Å². The van der Waals surface area contributed by atoms with Gasteiger partial charge in [-0.1, -0.05) is 6.07 Å². The number of rotatable bonds is 9. The first-order valence-electron chi connectivity index (χ1n) is 8.60. The Morgan fingerprint density at radius 2 is 1.57 bits per heavy atom. The quantitative estimate of drug-likeness (QED) is 0.626. The minimum absolute atomic E-state index is 0.130. The van der Waals surface area contributed by atoms with Crippen LogP contribution in [0.15, 0.2) is 48.5 Å². The van der Waals surface area contributed by atoms with Crippen molar-refractivity contribution in [3.63, 3.8) is 0 Å². The molecule has 0 aromatic heterocycles. The molecule has 0 radical (unpaired) electrons. The lowest BCUT2D eigenvalue weighted by Gasteiger charge is -2.08. The van der Waals surface area contributed by atoms with Crippen LogP contribution >= 0.6 is 11.8 Å². The highest BCUT2D eigenvalue weighted by Crippen LogP contribution is 2.17. The SMILES string of the molecule is CCOC(=O)c1ccc(NC(=O)CSCC(=O)Nc2cccc(OC)c2)cc1. The second kappa shape index (κ2) is 11.0. The van der Waals surface area contributed by atoms with Crippen molar-refractivity contribution in [3.8, 4) is 5.75 Å². The standard InChI is InChI=1S/C20H22N2O5S/c1-3-27-20(25)14-7-9-15(10-8-14)21-18(23)12-28-13-19(24)22-16-5-4-6-17(11-16)26-2/h4-11H,3,12-13H2,1-2H3,(H,21,23)(H,22,24). The summed E-state index contributed by atoms with van der Waals surface area (Å²) >= 11 is 1.20.